The van der Waals surface area contributed by atoms with Crippen molar-refractivity contribution in [2.24, 2.45) is 0 Å². The van der Waals surface area contributed by atoms with Crippen LogP contribution >= 0.6 is 12.6 Å². The molecule has 0 radical (unpaired) electrons. The van der Waals surface area contributed by atoms with Crippen molar-refractivity contribution in [3.8, 4) is 0 Å². The summed E-state index contributed by atoms with van der Waals surface area (Å²) in [6.45, 7) is 2.86. The lowest BCUT2D eigenvalue weighted by atomic mass is 10.1. The quantitative estimate of drug-likeness (QED) is 0.803. The highest BCUT2D eigenvalue weighted by Gasteiger charge is 2.09. The number of aromatic carboxylic acids is 1. The van der Waals surface area contributed by atoms with E-state index in [2.05, 4.69) is 12.6 Å². The predicted molar refractivity (Wildman–Crippen MR) is 67.3 cm³/mol. The molecule has 0 unspecified atom stereocenters. The Morgan fingerprint density at radius 3 is 2.81 bits per heavy atom. The maximum atomic E-state index is 10.9. The molecule has 84 valence electrons. The molecule has 0 aliphatic rings. The summed E-state index contributed by atoms with van der Waals surface area (Å²) >= 11 is 4.28. The highest BCUT2D eigenvalue weighted by Crippen LogP contribution is 2.24. The minimum Gasteiger partial charge on any atom is -0.478 e. The van der Waals surface area contributed by atoms with E-state index in [4.69, 9.17) is 5.11 Å². The lowest BCUT2D eigenvalue weighted by Crippen LogP contribution is -1.97. The van der Waals surface area contributed by atoms with E-state index in [1.54, 1.807) is 12.1 Å². The highest BCUT2D eigenvalue weighted by molar-refractivity contribution is 7.79. The van der Waals surface area contributed by atoms with E-state index >= 15 is 0 Å². The Balaban J connectivity index is 2.71. The van der Waals surface area contributed by atoms with Crippen molar-refractivity contribution in [3.05, 3.63) is 35.5 Å². The van der Waals surface area contributed by atoms with Gasteiger partial charge in [0.25, 0.3) is 0 Å². The van der Waals surface area contributed by atoms with Crippen LogP contribution in [0.2, 0.25) is 0 Å². The third kappa shape index (κ3) is 1.69. The van der Waals surface area contributed by atoms with Gasteiger partial charge in [0.05, 0.1) is 5.56 Å². The van der Waals surface area contributed by atoms with Crippen LogP contribution in [0.25, 0.3) is 10.9 Å². The third-order valence-corrected chi connectivity index (χ3v) is 3.06. The maximum absolute atomic E-state index is 10.9. The van der Waals surface area contributed by atoms with Crippen molar-refractivity contribution in [2.75, 3.05) is 0 Å². The van der Waals surface area contributed by atoms with Crippen LogP contribution in [0.4, 0.5) is 0 Å². The molecule has 2 rings (SSSR count). The number of nitrogens with zero attached hydrogens (tertiary/aromatic N) is 1. The molecular formula is C12H13NO2S. The van der Waals surface area contributed by atoms with Crippen molar-refractivity contribution in [3.63, 3.8) is 0 Å². The van der Waals surface area contributed by atoms with Gasteiger partial charge >= 0.3 is 5.97 Å². The summed E-state index contributed by atoms with van der Waals surface area (Å²) in [7, 11) is 0. The summed E-state index contributed by atoms with van der Waals surface area (Å²) in [5.41, 5.74) is 2.43. The Kier molecular flexibility index (Phi) is 2.92. The zero-order valence-electron chi connectivity index (χ0n) is 8.97. The SMILES string of the molecule is CCn1cc(CS)c2ccc(C(=O)O)cc21. The number of carboxylic acid groups (broad SMARTS) is 1. The number of carboxylic acids is 1. The summed E-state index contributed by atoms with van der Waals surface area (Å²) in [4.78, 5) is 10.9. The van der Waals surface area contributed by atoms with Crippen LogP contribution in [0.15, 0.2) is 24.4 Å². The minimum atomic E-state index is -0.891. The van der Waals surface area contributed by atoms with Crippen LogP contribution in [-0.2, 0) is 12.3 Å². The van der Waals surface area contributed by atoms with E-state index in [-0.39, 0.29) is 0 Å². The molecule has 0 atom stereocenters. The molecule has 1 aromatic carbocycles. The van der Waals surface area contributed by atoms with Gasteiger partial charge in [-0.25, -0.2) is 4.79 Å². The number of fused-ring (bicyclic) bond motifs is 1. The summed E-state index contributed by atoms with van der Waals surface area (Å²) in [6, 6.07) is 5.21. The number of aryl methyl sites for hydroxylation is 1. The van der Waals surface area contributed by atoms with Gasteiger partial charge in [0.2, 0.25) is 0 Å². The smallest absolute Gasteiger partial charge is 0.335 e. The second kappa shape index (κ2) is 4.22. The topological polar surface area (TPSA) is 42.2 Å². The standard InChI is InChI=1S/C12H13NO2S/c1-2-13-6-9(7-16)10-4-3-8(12(14)15)5-11(10)13/h3-6,16H,2,7H2,1H3,(H,14,15). The summed E-state index contributed by atoms with van der Waals surface area (Å²) in [5.74, 6) is -0.228. The largest absolute Gasteiger partial charge is 0.478 e. The molecule has 0 saturated carbocycles. The zero-order valence-corrected chi connectivity index (χ0v) is 9.87. The minimum absolute atomic E-state index is 0.325. The van der Waals surface area contributed by atoms with Gasteiger partial charge in [0.1, 0.15) is 0 Å². The molecule has 3 nitrogen and oxygen atoms in total. The number of hydrogen-bond donors (Lipinski definition) is 2. The van der Waals surface area contributed by atoms with E-state index in [1.165, 1.54) is 0 Å². The van der Waals surface area contributed by atoms with Gasteiger partial charge in [0, 0.05) is 29.4 Å². The number of thiol groups is 1. The molecule has 0 spiro atoms. The Morgan fingerprint density at radius 2 is 2.25 bits per heavy atom. The van der Waals surface area contributed by atoms with Crippen LogP contribution in [0.1, 0.15) is 22.8 Å². The molecule has 0 aliphatic heterocycles. The van der Waals surface area contributed by atoms with Crippen LogP contribution in [0.5, 0.6) is 0 Å². The summed E-state index contributed by atoms with van der Waals surface area (Å²) < 4.78 is 2.05. The van der Waals surface area contributed by atoms with E-state index in [0.29, 0.717) is 11.3 Å². The molecule has 1 N–H and O–H groups in total. The van der Waals surface area contributed by atoms with Gasteiger partial charge in [-0.05, 0) is 24.6 Å². The second-order valence-electron chi connectivity index (χ2n) is 3.64. The number of hydrogen-bond acceptors (Lipinski definition) is 2. The zero-order chi connectivity index (χ0) is 11.7. The first-order valence-electron chi connectivity index (χ1n) is 5.13. The Hall–Kier alpha value is -1.42. The van der Waals surface area contributed by atoms with Gasteiger partial charge in [-0.15, -0.1) is 0 Å². The first-order valence-corrected chi connectivity index (χ1v) is 5.76. The van der Waals surface area contributed by atoms with Crippen molar-refractivity contribution in [2.45, 2.75) is 19.2 Å². The van der Waals surface area contributed by atoms with E-state index in [1.807, 2.05) is 23.8 Å². The fourth-order valence-corrected chi connectivity index (χ4v) is 2.14. The van der Waals surface area contributed by atoms with E-state index < -0.39 is 5.97 Å². The lowest BCUT2D eigenvalue weighted by molar-refractivity contribution is 0.0697. The maximum Gasteiger partial charge on any atom is 0.335 e. The second-order valence-corrected chi connectivity index (χ2v) is 3.95. The first kappa shape index (κ1) is 11.1. The predicted octanol–water partition coefficient (Wildman–Crippen LogP) is 2.79. The van der Waals surface area contributed by atoms with Crippen LogP contribution < -0.4 is 0 Å². The van der Waals surface area contributed by atoms with Crippen molar-refractivity contribution < 1.29 is 9.90 Å². The Labute approximate surface area is 99.1 Å². The number of rotatable bonds is 3. The van der Waals surface area contributed by atoms with E-state index in [0.717, 1.165) is 23.0 Å². The molecular weight excluding hydrogens is 222 g/mol. The highest BCUT2D eigenvalue weighted by atomic mass is 32.1. The van der Waals surface area contributed by atoms with Gasteiger partial charge in [0.15, 0.2) is 0 Å². The van der Waals surface area contributed by atoms with Gasteiger partial charge in [-0.3, -0.25) is 0 Å². The van der Waals surface area contributed by atoms with Crippen LogP contribution in [0, 0.1) is 0 Å². The molecule has 0 amide bonds. The summed E-state index contributed by atoms with van der Waals surface area (Å²) in [6.07, 6.45) is 2.03. The normalized spacial score (nSPS) is 10.9. The number of aromatic nitrogens is 1. The molecule has 0 aliphatic carbocycles. The monoisotopic (exact) mass is 235 g/mol. The van der Waals surface area contributed by atoms with Crippen molar-refractivity contribution in [1.29, 1.82) is 0 Å². The van der Waals surface area contributed by atoms with E-state index in [9.17, 15) is 4.79 Å². The van der Waals surface area contributed by atoms with Gasteiger partial charge < -0.3 is 9.67 Å². The Bertz CT molecular complexity index is 545. The summed E-state index contributed by atoms with van der Waals surface area (Å²) in [5, 5.41) is 10.0. The lowest BCUT2D eigenvalue weighted by Gasteiger charge is -2.01. The molecule has 16 heavy (non-hydrogen) atoms. The third-order valence-electron chi connectivity index (χ3n) is 2.72. The van der Waals surface area contributed by atoms with Crippen LogP contribution in [0.3, 0.4) is 0 Å². The fourth-order valence-electron chi connectivity index (χ4n) is 1.89. The molecule has 0 bridgehead atoms. The molecule has 4 heteroatoms. The Morgan fingerprint density at radius 1 is 1.50 bits per heavy atom. The van der Waals surface area contributed by atoms with Crippen LogP contribution in [-0.4, -0.2) is 15.6 Å². The van der Waals surface area contributed by atoms with Gasteiger partial charge in [-0.2, -0.15) is 12.6 Å². The molecule has 0 fully saturated rings. The first-order chi connectivity index (χ1) is 7.67. The average Bonchev–Trinajstić information content (AvgIpc) is 2.65. The van der Waals surface area contributed by atoms with Crippen molar-refractivity contribution >= 4 is 29.5 Å². The molecule has 0 saturated heterocycles. The molecule has 1 heterocycles. The van der Waals surface area contributed by atoms with Crippen molar-refractivity contribution in [1.82, 2.24) is 4.57 Å². The number of benzene rings is 1. The molecule has 1 aromatic heterocycles. The average molecular weight is 235 g/mol. The molecule has 2 aromatic rings. The number of carbonyl (C=O) groups is 1. The van der Waals surface area contributed by atoms with Gasteiger partial charge in [-0.1, -0.05) is 6.07 Å². The fraction of sp³-hybridized carbons (Fsp3) is 0.250.